The standard InChI is InChI=1S/C24H16N2O3/c1-16-22(26-23(28-16)20-5-3-2-4-6-20)24(27)29-21-13-11-19(12-14-21)18-9-7-17(15-25)8-10-18/h2-14H,1H3. The van der Waals surface area contributed by atoms with Crippen LogP contribution in [0.1, 0.15) is 21.8 Å². The van der Waals surface area contributed by atoms with Gasteiger partial charge in [0.15, 0.2) is 5.69 Å². The number of esters is 1. The minimum atomic E-state index is -0.570. The van der Waals surface area contributed by atoms with E-state index < -0.39 is 5.97 Å². The number of nitriles is 1. The summed E-state index contributed by atoms with van der Waals surface area (Å²) in [5.41, 5.74) is 3.48. The van der Waals surface area contributed by atoms with Crippen molar-refractivity contribution in [2.45, 2.75) is 6.92 Å². The number of ether oxygens (including phenoxy) is 1. The fourth-order valence-electron chi connectivity index (χ4n) is 2.90. The number of hydrogen-bond donors (Lipinski definition) is 0. The lowest BCUT2D eigenvalue weighted by molar-refractivity contribution is 0.0727. The van der Waals surface area contributed by atoms with E-state index >= 15 is 0 Å². The van der Waals surface area contributed by atoms with Crippen molar-refractivity contribution in [3.8, 4) is 34.4 Å². The Morgan fingerprint density at radius 1 is 0.897 bits per heavy atom. The summed E-state index contributed by atoms with van der Waals surface area (Å²) in [6.07, 6.45) is 0. The van der Waals surface area contributed by atoms with Crippen molar-refractivity contribution in [2.24, 2.45) is 0 Å². The number of aromatic nitrogens is 1. The summed E-state index contributed by atoms with van der Waals surface area (Å²) in [4.78, 5) is 16.8. The summed E-state index contributed by atoms with van der Waals surface area (Å²) in [5, 5.41) is 8.89. The van der Waals surface area contributed by atoms with Crippen LogP contribution in [0.15, 0.2) is 83.3 Å². The molecule has 140 valence electrons. The number of oxazole rings is 1. The average molecular weight is 380 g/mol. The Balaban J connectivity index is 1.50. The van der Waals surface area contributed by atoms with Crippen LogP contribution in [0, 0.1) is 18.3 Å². The van der Waals surface area contributed by atoms with E-state index in [1.807, 2.05) is 54.6 Å². The van der Waals surface area contributed by atoms with Crippen LogP contribution in [0.25, 0.3) is 22.6 Å². The Hall–Kier alpha value is -4.17. The quantitative estimate of drug-likeness (QED) is 0.350. The molecule has 0 saturated heterocycles. The molecule has 1 heterocycles. The van der Waals surface area contributed by atoms with E-state index in [9.17, 15) is 4.79 Å². The first-order chi connectivity index (χ1) is 14.1. The normalized spacial score (nSPS) is 10.3. The van der Waals surface area contributed by atoms with Gasteiger partial charge < -0.3 is 9.15 Å². The Morgan fingerprint density at radius 3 is 2.14 bits per heavy atom. The molecule has 0 aliphatic carbocycles. The van der Waals surface area contributed by atoms with Crippen LogP contribution in [0.3, 0.4) is 0 Å². The Labute approximate surface area is 167 Å². The van der Waals surface area contributed by atoms with E-state index in [2.05, 4.69) is 11.1 Å². The maximum absolute atomic E-state index is 12.5. The summed E-state index contributed by atoms with van der Waals surface area (Å²) >= 11 is 0. The molecule has 0 radical (unpaired) electrons. The fraction of sp³-hybridized carbons (Fsp3) is 0.0417. The zero-order valence-corrected chi connectivity index (χ0v) is 15.6. The molecule has 5 nitrogen and oxygen atoms in total. The highest BCUT2D eigenvalue weighted by Gasteiger charge is 2.20. The zero-order chi connectivity index (χ0) is 20.2. The second kappa shape index (κ2) is 7.83. The molecule has 5 heteroatoms. The van der Waals surface area contributed by atoms with E-state index in [1.54, 1.807) is 31.2 Å². The van der Waals surface area contributed by atoms with E-state index in [0.717, 1.165) is 16.7 Å². The third-order valence-corrected chi connectivity index (χ3v) is 4.42. The molecular formula is C24H16N2O3. The van der Waals surface area contributed by atoms with Gasteiger partial charge in [-0.2, -0.15) is 5.26 Å². The molecule has 29 heavy (non-hydrogen) atoms. The molecule has 0 aliphatic heterocycles. The van der Waals surface area contributed by atoms with Gasteiger partial charge in [0.2, 0.25) is 5.89 Å². The van der Waals surface area contributed by atoms with Crippen LogP contribution in [-0.4, -0.2) is 11.0 Å². The monoisotopic (exact) mass is 380 g/mol. The first-order valence-corrected chi connectivity index (χ1v) is 8.99. The molecule has 0 atom stereocenters. The van der Waals surface area contributed by atoms with Gasteiger partial charge in [-0.15, -0.1) is 0 Å². The van der Waals surface area contributed by atoms with Crippen molar-refractivity contribution >= 4 is 5.97 Å². The third-order valence-electron chi connectivity index (χ3n) is 4.42. The Morgan fingerprint density at radius 2 is 1.52 bits per heavy atom. The third kappa shape index (κ3) is 3.92. The summed E-state index contributed by atoms with van der Waals surface area (Å²) in [6, 6.07) is 25.9. The molecular weight excluding hydrogens is 364 g/mol. The van der Waals surface area contributed by atoms with Crippen molar-refractivity contribution in [3.63, 3.8) is 0 Å². The number of hydrogen-bond acceptors (Lipinski definition) is 5. The number of carbonyl (C=O) groups excluding carboxylic acids is 1. The summed E-state index contributed by atoms with van der Waals surface area (Å²) in [5.74, 6) is 0.630. The first-order valence-electron chi connectivity index (χ1n) is 8.99. The molecule has 0 saturated carbocycles. The van der Waals surface area contributed by atoms with Gasteiger partial charge in [0.05, 0.1) is 11.6 Å². The van der Waals surface area contributed by atoms with E-state index in [-0.39, 0.29) is 5.69 Å². The average Bonchev–Trinajstić information content (AvgIpc) is 3.17. The van der Waals surface area contributed by atoms with Gasteiger partial charge in [-0.1, -0.05) is 42.5 Å². The molecule has 0 amide bonds. The molecule has 1 aromatic heterocycles. The number of carbonyl (C=O) groups is 1. The van der Waals surface area contributed by atoms with Crippen LogP contribution in [0.5, 0.6) is 5.75 Å². The van der Waals surface area contributed by atoms with Crippen molar-refractivity contribution < 1.29 is 13.9 Å². The zero-order valence-electron chi connectivity index (χ0n) is 15.6. The van der Waals surface area contributed by atoms with Gasteiger partial charge in [0.25, 0.3) is 0 Å². The van der Waals surface area contributed by atoms with Crippen molar-refractivity contribution in [3.05, 3.63) is 95.9 Å². The summed E-state index contributed by atoms with van der Waals surface area (Å²) in [7, 11) is 0. The van der Waals surface area contributed by atoms with Gasteiger partial charge in [-0.3, -0.25) is 0 Å². The fourth-order valence-corrected chi connectivity index (χ4v) is 2.90. The predicted molar refractivity (Wildman–Crippen MR) is 108 cm³/mol. The first kappa shape index (κ1) is 18.2. The lowest BCUT2D eigenvalue weighted by atomic mass is 10.0. The van der Waals surface area contributed by atoms with Crippen molar-refractivity contribution in [1.82, 2.24) is 4.98 Å². The SMILES string of the molecule is Cc1oc(-c2ccccc2)nc1C(=O)Oc1ccc(-c2ccc(C#N)cc2)cc1. The number of rotatable bonds is 4. The van der Waals surface area contributed by atoms with Crippen LogP contribution >= 0.6 is 0 Å². The van der Waals surface area contributed by atoms with E-state index in [4.69, 9.17) is 14.4 Å². The summed E-state index contributed by atoms with van der Waals surface area (Å²) < 4.78 is 11.1. The highest BCUT2D eigenvalue weighted by Crippen LogP contribution is 2.25. The van der Waals surface area contributed by atoms with Gasteiger partial charge in [-0.25, -0.2) is 9.78 Å². The van der Waals surface area contributed by atoms with Crippen LogP contribution in [0.4, 0.5) is 0 Å². The van der Waals surface area contributed by atoms with Crippen LogP contribution in [-0.2, 0) is 0 Å². The Bertz CT molecular complexity index is 1190. The molecule has 0 bridgehead atoms. The maximum atomic E-state index is 12.5. The van der Waals surface area contributed by atoms with E-state index in [1.165, 1.54) is 0 Å². The van der Waals surface area contributed by atoms with Crippen LogP contribution < -0.4 is 4.74 Å². The molecule has 0 spiro atoms. The van der Waals surface area contributed by atoms with Gasteiger partial charge >= 0.3 is 5.97 Å². The van der Waals surface area contributed by atoms with Crippen molar-refractivity contribution in [2.75, 3.05) is 0 Å². The highest BCUT2D eigenvalue weighted by molar-refractivity contribution is 5.90. The van der Waals surface area contributed by atoms with Crippen LogP contribution in [0.2, 0.25) is 0 Å². The smallest absolute Gasteiger partial charge is 0.366 e. The predicted octanol–water partition coefficient (Wildman–Crippen LogP) is 5.41. The molecule has 4 aromatic rings. The molecule has 0 fully saturated rings. The molecule has 3 aromatic carbocycles. The number of nitrogens with zero attached hydrogens (tertiary/aromatic N) is 2. The largest absolute Gasteiger partial charge is 0.441 e. The molecule has 4 rings (SSSR count). The lowest BCUT2D eigenvalue weighted by Crippen LogP contribution is -2.10. The molecule has 0 N–H and O–H groups in total. The summed E-state index contributed by atoms with van der Waals surface area (Å²) in [6.45, 7) is 1.68. The second-order valence-electron chi connectivity index (χ2n) is 6.39. The molecule has 0 unspecified atom stereocenters. The second-order valence-corrected chi connectivity index (χ2v) is 6.39. The highest BCUT2D eigenvalue weighted by atomic mass is 16.5. The molecule has 0 aliphatic rings. The minimum Gasteiger partial charge on any atom is -0.441 e. The lowest BCUT2D eigenvalue weighted by Gasteiger charge is -2.05. The maximum Gasteiger partial charge on any atom is 0.366 e. The van der Waals surface area contributed by atoms with Gasteiger partial charge in [0, 0.05) is 5.56 Å². The van der Waals surface area contributed by atoms with Gasteiger partial charge in [-0.05, 0) is 54.4 Å². The van der Waals surface area contributed by atoms with E-state index in [0.29, 0.717) is 23.0 Å². The topological polar surface area (TPSA) is 76.1 Å². The Kier molecular flexibility index (Phi) is 4.91. The van der Waals surface area contributed by atoms with Gasteiger partial charge in [0.1, 0.15) is 11.5 Å². The van der Waals surface area contributed by atoms with Crippen molar-refractivity contribution in [1.29, 1.82) is 5.26 Å². The number of benzene rings is 3. The number of aryl methyl sites for hydroxylation is 1. The minimum absolute atomic E-state index is 0.153.